The summed E-state index contributed by atoms with van der Waals surface area (Å²) >= 11 is 1.12. The summed E-state index contributed by atoms with van der Waals surface area (Å²) in [5.74, 6) is -0.0907. The molecule has 0 bridgehead atoms. The van der Waals surface area contributed by atoms with Crippen LogP contribution >= 0.6 is 11.8 Å². The number of hydrogen-bond acceptors (Lipinski definition) is 3. The van der Waals surface area contributed by atoms with Gasteiger partial charge in [0.15, 0.2) is 5.12 Å². The summed E-state index contributed by atoms with van der Waals surface area (Å²) in [5, 5.41) is -0.00825. The molecule has 1 rings (SSSR count). The number of thioether (sulfide) groups is 1. The van der Waals surface area contributed by atoms with Crippen molar-refractivity contribution in [3.05, 3.63) is 35.6 Å². The fourth-order valence-electron chi connectivity index (χ4n) is 1.34. The second-order valence-electron chi connectivity index (χ2n) is 3.53. The van der Waals surface area contributed by atoms with Crippen LogP contribution < -0.4 is 0 Å². The molecule has 0 aliphatic rings. The van der Waals surface area contributed by atoms with Gasteiger partial charge in [-0.15, -0.1) is 0 Å². The van der Waals surface area contributed by atoms with Gasteiger partial charge in [0.2, 0.25) is 0 Å². The fourth-order valence-corrected chi connectivity index (χ4v) is 1.98. The predicted molar refractivity (Wildman–Crippen MR) is 62.8 cm³/mol. The maximum Gasteiger partial charge on any atom is 0.185 e. The van der Waals surface area contributed by atoms with E-state index in [1.54, 1.807) is 12.1 Å². The molecule has 0 aliphatic heterocycles. The molecule has 0 aromatic heterocycles. The molecule has 4 heteroatoms. The third-order valence-electron chi connectivity index (χ3n) is 2.08. The van der Waals surface area contributed by atoms with E-state index < -0.39 is 0 Å². The van der Waals surface area contributed by atoms with Crippen molar-refractivity contribution in [1.29, 1.82) is 0 Å². The number of halogens is 1. The van der Waals surface area contributed by atoms with Gasteiger partial charge < -0.3 is 4.79 Å². The Morgan fingerprint density at radius 1 is 1.56 bits per heavy atom. The Kier molecular flexibility index (Phi) is 5.19. The Morgan fingerprint density at radius 2 is 2.31 bits per heavy atom. The van der Waals surface area contributed by atoms with Crippen LogP contribution in [0.4, 0.5) is 4.39 Å². The number of hydrogen-bond donors (Lipinski definition) is 0. The van der Waals surface area contributed by atoms with Crippen LogP contribution in [0.1, 0.15) is 12.5 Å². The molecule has 0 heterocycles. The largest absolute Gasteiger partial charge is 0.303 e. The van der Waals surface area contributed by atoms with E-state index in [9.17, 15) is 14.0 Å². The lowest BCUT2D eigenvalue weighted by molar-refractivity contribution is -0.110. The van der Waals surface area contributed by atoms with E-state index in [0.717, 1.165) is 23.6 Å². The minimum Gasteiger partial charge on any atom is -0.303 e. The smallest absolute Gasteiger partial charge is 0.185 e. The highest BCUT2D eigenvalue weighted by Gasteiger charge is 2.10. The van der Waals surface area contributed by atoms with Gasteiger partial charge in [0.05, 0.1) is 0 Å². The van der Waals surface area contributed by atoms with E-state index in [-0.39, 0.29) is 16.9 Å². The topological polar surface area (TPSA) is 34.1 Å². The van der Waals surface area contributed by atoms with Crippen molar-refractivity contribution < 1.29 is 14.0 Å². The van der Waals surface area contributed by atoms with Crippen LogP contribution in [0, 0.1) is 11.7 Å². The van der Waals surface area contributed by atoms with Gasteiger partial charge in [-0.2, -0.15) is 0 Å². The number of carbonyl (C=O) groups is 2. The molecular weight excluding hydrogens is 227 g/mol. The maximum absolute atomic E-state index is 12.9. The fraction of sp³-hybridized carbons (Fsp3) is 0.333. The number of benzene rings is 1. The summed E-state index contributed by atoms with van der Waals surface area (Å²) in [6.07, 6.45) is 1.29. The predicted octanol–water partition coefficient (Wildman–Crippen LogP) is 2.46. The van der Waals surface area contributed by atoms with Gasteiger partial charge >= 0.3 is 0 Å². The maximum atomic E-state index is 12.9. The summed E-state index contributed by atoms with van der Waals surface area (Å²) < 4.78 is 12.9. The first-order valence-corrected chi connectivity index (χ1v) is 5.93. The van der Waals surface area contributed by atoms with E-state index in [0.29, 0.717) is 12.2 Å². The average molecular weight is 240 g/mol. The second-order valence-corrected chi connectivity index (χ2v) is 4.73. The van der Waals surface area contributed by atoms with Gasteiger partial charge in [-0.1, -0.05) is 23.9 Å². The molecule has 1 atom stereocenters. The lowest BCUT2D eigenvalue weighted by Crippen LogP contribution is -2.10. The molecule has 0 aliphatic carbocycles. The standard InChI is InChI=1S/C12H13FO2S/c1-9(15)16-8-11(7-14)5-10-3-2-4-12(13)6-10/h2-4,6-7,11H,5,8H2,1H3. The molecule has 1 aromatic carbocycles. The normalized spacial score (nSPS) is 12.1. The quantitative estimate of drug-likeness (QED) is 0.741. The highest BCUT2D eigenvalue weighted by Crippen LogP contribution is 2.14. The number of rotatable bonds is 5. The van der Waals surface area contributed by atoms with Crippen LogP contribution in [-0.4, -0.2) is 17.2 Å². The van der Waals surface area contributed by atoms with Gasteiger partial charge in [-0.3, -0.25) is 4.79 Å². The molecule has 2 nitrogen and oxygen atoms in total. The van der Waals surface area contributed by atoms with Gasteiger partial charge in [-0.05, 0) is 24.1 Å². The van der Waals surface area contributed by atoms with Crippen LogP contribution in [0.15, 0.2) is 24.3 Å². The van der Waals surface area contributed by atoms with Crippen LogP contribution in [0.5, 0.6) is 0 Å². The zero-order chi connectivity index (χ0) is 12.0. The van der Waals surface area contributed by atoms with Crippen molar-refractivity contribution in [2.75, 3.05) is 5.75 Å². The van der Waals surface area contributed by atoms with Crippen LogP contribution in [0.2, 0.25) is 0 Å². The van der Waals surface area contributed by atoms with Gasteiger partial charge in [0.25, 0.3) is 0 Å². The molecule has 0 amide bonds. The Morgan fingerprint density at radius 3 is 2.88 bits per heavy atom. The second kappa shape index (κ2) is 6.43. The molecule has 1 aromatic rings. The third-order valence-corrected chi connectivity index (χ3v) is 3.08. The molecule has 16 heavy (non-hydrogen) atoms. The summed E-state index contributed by atoms with van der Waals surface area (Å²) in [6.45, 7) is 1.47. The van der Waals surface area contributed by atoms with E-state index in [1.165, 1.54) is 19.1 Å². The Labute approximate surface area is 98.2 Å². The monoisotopic (exact) mass is 240 g/mol. The Balaban J connectivity index is 2.56. The summed E-state index contributed by atoms with van der Waals surface area (Å²) in [6, 6.07) is 6.17. The molecule has 0 spiro atoms. The first kappa shape index (κ1) is 12.9. The molecule has 0 saturated heterocycles. The molecule has 0 N–H and O–H groups in total. The lowest BCUT2D eigenvalue weighted by Gasteiger charge is -2.08. The summed E-state index contributed by atoms with van der Waals surface area (Å²) in [5.41, 5.74) is 0.779. The SMILES string of the molecule is CC(=O)SCC(C=O)Cc1cccc(F)c1. The van der Waals surface area contributed by atoms with Gasteiger partial charge in [0, 0.05) is 18.6 Å². The number of carbonyl (C=O) groups excluding carboxylic acids is 2. The molecular formula is C12H13FO2S. The van der Waals surface area contributed by atoms with Crippen molar-refractivity contribution in [1.82, 2.24) is 0 Å². The first-order chi connectivity index (χ1) is 7.61. The molecule has 0 fully saturated rings. The average Bonchev–Trinajstić information content (AvgIpc) is 2.24. The van der Waals surface area contributed by atoms with E-state index in [1.807, 2.05) is 0 Å². The third kappa shape index (κ3) is 4.57. The van der Waals surface area contributed by atoms with Crippen molar-refractivity contribution >= 4 is 23.2 Å². The van der Waals surface area contributed by atoms with E-state index in [2.05, 4.69) is 0 Å². The van der Waals surface area contributed by atoms with Crippen LogP contribution in [0.25, 0.3) is 0 Å². The zero-order valence-electron chi connectivity index (χ0n) is 8.98. The van der Waals surface area contributed by atoms with Crippen molar-refractivity contribution in [2.24, 2.45) is 5.92 Å². The zero-order valence-corrected chi connectivity index (χ0v) is 9.80. The molecule has 0 saturated carbocycles. The van der Waals surface area contributed by atoms with Crippen molar-refractivity contribution in [3.8, 4) is 0 Å². The molecule has 1 unspecified atom stereocenters. The lowest BCUT2D eigenvalue weighted by atomic mass is 10.0. The molecule has 86 valence electrons. The minimum absolute atomic E-state index is 0.00825. The summed E-state index contributed by atoms with van der Waals surface area (Å²) in [4.78, 5) is 21.5. The summed E-state index contributed by atoms with van der Waals surface area (Å²) in [7, 11) is 0. The van der Waals surface area contributed by atoms with Gasteiger partial charge in [-0.25, -0.2) is 4.39 Å². The van der Waals surface area contributed by atoms with Crippen LogP contribution in [-0.2, 0) is 16.0 Å². The van der Waals surface area contributed by atoms with Gasteiger partial charge in [0.1, 0.15) is 12.1 Å². The Bertz CT molecular complexity index is 379. The highest BCUT2D eigenvalue weighted by molar-refractivity contribution is 8.13. The highest BCUT2D eigenvalue weighted by atomic mass is 32.2. The first-order valence-electron chi connectivity index (χ1n) is 4.95. The van der Waals surface area contributed by atoms with E-state index in [4.69, 9.17) is 0 Å². The van der Waals surface area contributed by atoms with Crippen molar-refractivity contribution in [3.63, 3.8) is 0 Å². The Hall–Kier alpha value is -1.16. The molecule has 0 radical (unpaired) electrons. The van der Waals surface area contributed by atoms with Crippen molar-refractivity contribution in [2.45, 2.75) is 13.3 Å². The van der Waals surface area contributed by atoms with E-state index >= 15 is 0 Å². The van der Waals surface area contributed by atoms with Crippen LogP contribution in [0.3, 0.4) is 0 Å². The number of aldehydes is 1. The minimum atomic E-state index is -0.304.